The summed E-state index contributed by atoms with van der Waals surface area (Å²) in [6.07, 6.45) is 0. The monoisotopic (exact) mass is 391 g/mol. The number of thiophene rings is 1. The molecule has 0 aliphatic carbocycles. The number of aliphatic hydroxyl groups excluding tert-OH is 1. The van der Waals surface area contributed by atoms with Crippen LogP contribution in [-0.2, 0) is 4.79 Å². The number of hydrogen-bond donors (Lipinski definition) is 2. The van der Waals surface area contributed by atoms with Crippen LogP contribution in [0.5, 0.6) is 5.75 Å². The van der Waals surface area contributed by atoms with Gasteiger partial charge in [0.25, 0.3) is 5.91 Å². The van der Waals surface area contributed by atoms with Gasteiger partial charge in [-0.1, -0.05) is 30.3 Å². The van der Waals surface area contributed by atoms with Crippen molar-refractivity contribution in [2.75, 3.05) is 4.90 Å². The third-order valence-electron chi connectivity index (χ3n) is 4.66. The zero-order chi connectivity index (χ0) is 19.8. The fraction of sp³-hybridized carbons (Fsp3) is 0.0909. The maximum Gasteiger partial charge on any atom is 0.294 e. The Morgan fingerprint density at radius 2 is 1.82 bits per heavy atom. The van der Waals surface area contributed by atoms with Gasteiger partial charge in [-0.05, 0) is 53.8 Å². The number of ketones is 1. The van der Waals surface area contributed by atoms with Crippen LogP contribution in [0.15, 0.2) is 77.4 Å². The number of amides is 1. The highest BCUT2D eigenvalue weighted by Gasteiger charge is 2.44. The molecule has 1 amide bonds. The van der Waals surface area contributed by atoms with Crippen LogP contribution < -0.4 is 4.90 Å². The summed E-state index contributed by atoms with van der Waals surface area (Å²) < 4.78 is 0. The van der Waals surface area contributed by atoms with E-state index in [0.717, 1.165) is 5.56 Å². The maximum absolute atomic E-state index is 13.1. The molecule has 2 aromatic carbocycles. The van der Waals surface area contributed by atoms with Crippen molar-refractivity contribution in [1.29, 1.82) is 0 Å². The molecular formula is C22H17NO4S. The van der Waals surface area contributed by atoms with Gasteiger partial charge in [0, 0.05) is 5.69 Å². The minimum Gasteiger partial charge on any atom is -0.508 e. The Labute approximate surface area is 165 Å². The summed E-state index contributed by atoms with van der Waals surface area (Å²) in [6.45, 7) is 1.90. The van der Waals surface area contributed by atoms with Gasteiger partial charge in [0.1, 0.15) is 5.75 Å². The predicted molar refractivity (Wildman–Crippen MR) is 108 cm³/mol. The van der Waals surface area contributed by atoms with E-state index in [1.807, 2.05) is 25.1 Å². The van der Waals surface area contributed by atoms with Gasteiger partial charge in [0.2, 0.25) is 5.78 Å². The van der Waals surface area contributed by atoms with Crippen LogP contribution in [0.3, 0.4) is 0 Å². The number of phenols is 1. The van der Waals surface area contributed by atoms with Crippen molar-refractivity contribution in [3.63, 3.8) is 0 Å². The predicted octanol–water partition coefficient (Wildman–Crippen LogP) is 4.55. The van der Waals surface area contributed by atoms with Crippen molar-refractivity contribution in [3.05, 3.63) is 93.4 Å². The number of Topliss-reactive ketones (excluding diaryl/α,β-unsaturated/α-hetero) is 1. The van der Waals surface area contributed by atoms with Gasteiger partial charge in [-0.2, -0.15) is 0 Å². The molecule has 0 saturated carbocycles. The fourth-order valence-electron chi connectivity index (χ4n) is 3.43. The molecule has 1 aliphatic rings. The van der Waals surface area contributed by atoms with Crippen molar-refractivity contribution < 1.29 is 19.8 Å². The second-order valence-electron chi connectivity index (χ2n) is 6.58. The van der Waals surface area contributed by atoms with Crippen molar-refractivity contribution in [3.8, 4) is 5.75 Å². The van der Waals surface area contributed by atoms with Crippen LogP contribution in [0.2, 0.25) is 0 Å². The van der Waals surface area contributed by atoms with Crippen LogP contribution in [0.1, 0.15) is 26.8 Å². The van der Waals surface area contributed by atoms with Crippen molar-refractivity contribution >= 4 is 28.7 Å². The van der Waals surface area contributed by atoms with Crippen LogP contribution in [0.4, 0.5) is 5.69 Å². The standard InChI is InChI=1S/C22H17NO4S/c1-13-5-2-7-15(11-13)23-19(14-6-3-8-16(24)12-14)18(21(26)22(23)27)20(25)17-9-4-10-28-17/h2-12,19,24,26H,1H3. The molecule has 0 bridgehead atoms. The van der Waals surface area contributed by atoms with E-state index < -0.39 is 23.5 Å². The number of phenolic OH excluding ortho intramolecular Hbond substituents is 1. The highest BCUT2D eigenvalue weighted by molar-refractivity contribution is 7.12. The summed E-state index contributed by atoms with van der Waals surface area (Å²) >= 11 is 1.25. The fourth-order valence-corrected chi connectivity index (χ4v) is 4.11. The Morgan fingerprint density at radius 1 is 1.04 bits per heavy atom. The first-order valence-corrected chi connectivity index (χ1v) is 9.56. The second-order valence-corrected chi connectivity index (χ2v) is 7.53. The number of aromatic hydroxyl groups is 1. The Morgan fingerprint density at radius 3 is 2.50 bits per heavy atom. The number of nitrogens with zero attached hydrogens (tertiary/aromatic N) is 1. The molecule has 1 unspecified atom stereocenters. The normalized spacial score (nSPS) is 16.7. The lowest BCUT2D eigenvalue weighted by atomic mass is 9.95. The second kappa shape index (κ2) is 6.98. The molecular weight excluding hydrogens is 374 g/mol. The van der Waals surface area contributed by atoms with E-state index in [-0.39, 0.29) is 11.3 Å². The van der Waals surface area contributed by atoms with Gasteiger partial charge < -0.3 is 10.2 Å². The third-order valence-corrected chi connectivity index (χ3v) is 5.53. The van der Waals surface area contributed by atoms with E-state index in [1.165, 1.54) is 28.4 Å². The van der Waals surface area contributed by atoms with E-state index in [4.69, 9.17) is 0 Å². The van der Waals surface area contributed by atoms with Crippen LogP contribution >= 0.6 is 11.3 Å². The molecule has 0 fully saturated rings. The molecule has 4 rings (SSSR count). The number of rotatable bonds is 4. The van der Waals surface area contributed by atoms with Gasteiger partial charge in [0.05, 0.1) is 16.5 Å². The number of hydrogen-bond acceptors (Lipinski definition) is 5. The smallest absolute Gasteiger partial charge is 0.294 e. The summed E-state index contributed by atoms with van der Waals surface area (Å²) in [5.74, 6) is -1.58. The average molecular weight is 391 g/mol. The number of aliphatic hydroxyl groups is 1. The molecule has 2 N–H and O–H groups in total. The first kappa shape index (κ1) is 18.0. The van der Waals surface area contributed by atoms with Crippen molar-refractivity contribution in [1.82, 2.24) is 0 Å². The van der Waals surface area contributed by atoms with Gasteiger partial charge in [-0.25, -0.2) is 0 Å². The molecule has 1 aromatic heterocycles. The molecule has 0 spiro atoms. The lowest BCUT2D eigenvalue weighted by Crippen LogP contribution is -2.31. The topological polar surface area (TPSA) is 77.8 Å². The number of aryl methyl sites for hydroxylation is 1. The minimum atomic E-state index is -0.837. The van der Waals surface area contributed by atoms with Crippen molar-refractivity contribution in [2.24, 2.45) is 0 Å². The number of benzene rings is 2. The Bertz CT molecular complexity index is 1100. The first-order chi connectivity index (χ1) is 13.5. The van der Waals surface area contributed by atoms with E-state index in [0.29, 0.717) is 16.1 Å². The summed E-state index contributed by atoms with van der Waals surface area (Å²) in [6, 6.07) is 16.2. The Kier molecular flexibility index (Phi) is 4.49. The third kappa shape index (κ3) is 2.97. The number of carbonyl (C=O) groups is 2. The van der Waals surface area contributed by atoms with Crippen LogP contribution in [0.25, 0.3) is 0 Å². The SMILES string of the molecule is Cc1cccc(N2C(=O)C(O)=C(C(=O)c3cccs3)C2c2cccc(O)c2)c1. The molecule has 1 atom stereocenters. The number of anilines is 1. The zero-order valence-electron chi connectivity index (χ0n) is 15.0. The lowest BCUT2D eigenvalue weighted by Gasteiger charge is -2.27. The summed E-state index contributed by atoms with van der Waals surface area (Å²) in [5.41, 5.74) is 2.06. The lowest BCUT2D eigenvalue weighted by molar-refractivity contribution is -0.117. The summed E-state index contributed by atoms with van der Waals surface area (Å²) in [4.78, 5) is 27.9. The Hall–Kier alpha value is -3.38. The molecule has 6 heteroatoms. The molecule has 1 aliphatic heterocycles. The summed E-state index contributed by atoms with van der Waals surface area (Å²) in [7, 11) is 0. The van der Waals surface area contributed by atoms with E-state index in [9.17, 15) is 19.8 Å². The highest BCUT2D eigenvalue weighted by atomic mass is 32.1. The van der Waals surface area contributed by atoms with Gasteiger partial charge in [-0.3, -0.25) is 14.5 Å². The maximum atomic E-state index is 13.1. The molecule has 28 heavy (non-hydrogen) atoms. The van der Waals surface area contributed by atoms with Crippen LogP contribution in [0, 0.1) is 6.92 Å². The van der Waals surface area contributed by atoms with Crippen LogP contribution in [-0.4, -0.2) is 21.9 Å². The molecule has 2 heterocycles. The first-order valence-electron chi connectivity index (χ1n) is 8.68. The van der Waals surface area contributed by atoms with Gasteiger partial charge in [0.15, 0.2) is 5.76 Å². The van der Waals surface area contributed by atoms with E-state index in [1.54, 1.807) is 35.7 Å². The molecule has 0 saturated heterocycles. The quantitative estimate of drug-likeness (QED) is 0.640. The van der Waals surface area contributed by atoms with E-state index >= 15 is 0 Å². The molecule has 3 aromatic rings. The van der Waals surface area contributed by atoms with Gasteiger partial charge >= 0.3 is 0 Å². The zero-order valence-corrected chi connectivity index (χ0v) is 15.8. The molecule has 140 valence electrons. The van der Waals surface area contributed by atoms with Gasteiger partial charge in [-0.15, -0.1) is 11.3 Å². The average Bonchev–Trinajstić information content (AvgIpc) is 3.29. The van der Waals surface area contributed by atoms with E-state index in [2.05, 4.69) is 0 Å². The molecule has 0 radical (unpaired) electrons. The largest absolute Gasteiger partial charge is 0.508 e. The summed E-state index contributed by atoms with van der Waals surface area (Å²) in [5, 5.41) is 22.4. The number of carbonyl (C=O) groups excluding carboxylic acids is 2. The van der Waals surface area contributed by atoms with Crippen molar-refractivity contribution in [2.45, 2.75) is 13.0 Å². The minimum absolute atomic E-state index is 0.0135. The Balaban J connectivity index is 1.91. The molecule has 5 nitrogen and oxygen atoms in total. The highest BCUT2D eigenvalue weighted by Crippen LogP contribution is 2.42.